The zero-order valence-corrected chi connectivity index (χ0v) is 25.8. The number of hydrogen-bond donors (Lipinski definition) is 1. The lowest BCUT2D eigenvalue weighted by atomic mass is 9.38. The van der Waals surface area contributed by atoms with Gasteiger partial charge in [0.15, 0.2) is 11.6 Å². The SMILES string of the molecule is CCNC(=O)[C@]12CCC(C)(C)CC1C[C@](C)([C@]1(C)CC[C@H]3C(C)(C)C(=O)C(C#N)=C[C@]3(C)/C1=C/C(C)=O)CC2. The van der Waals surface area contributed by atoms with Gasteiger partial charge in [0.25, 0.3) is 0 Å². The van der Waals surface area contributed by atoms with Gasteiger partial charge in [0.2, 0.25) is 5.91 Å². The van der Waals surface area contributed by atoms with Crippen LogP contribution in [0.2, 0.25) is 0 Å². The van der Waals surface area contributed by atoms with Crippen LogP contribution in [0.25, 0.3) is 0 Å². The van der Waals surface area contributed by atoms with E-state index < -0.39 is 10.8 Å². The number of nitrogens with one attached hydrogen (secondary N) is 1. The minimum atomic E-state index is -0.681. The largest absolute Gasteiger partial charge is 0.356 e. The first-order chi connectivity index (χ1) is 17.9. The Balaban J connectivity index is 1.84. The number of ketones is 2. The third-order valence-electron chi connectivity index (χ3n) is 12.2. The van der Waals surface area contributed by atoms with E-state index in [0.29, 0.717) is 6.54 Å². The maximum absolute atomic E-state index is 13.6. The van der Waals surface area contributed by atoms with Crippen LogP contribution in [0.3, 0.4) is 0 Å². The molecular weight excluding hydrogens is 484 g/mol. The molecule has 3 saturated carbocycles. The summed E-state index contributed by atoms with van der Waals surface area (Å²) in [7, 11) is 0. The highest BCUT2D eigenvalue weighted by Crippen LogP contribution is 2.71. The Bertz CT molecular complexity index is 1190. The zero-order chi connectivity index (χ0) is 29.2. The van der Waals surface area contributed by atoms with Crippen molar-refractivity contribution in [1.82, 2.24) is 5.32 Å². The van der Waals surface area contributed by atoms with Crippen LogP contribution >= 0.6 is 0 Å². The van der Waals surface area contributed by atoms with Gasteiger partial charge in [-0.15, -0.1) is 0 Å². The molecule has 0 aromatic rings. The summed E-state index contributed by atoms with van der Waals surface area (Å²) in [4.78, 5) is 39.7. The Morgan fingerprint density at radius 1 is 1.03 bits per heavy atom. The van der Waals surface area contributed by atoms with Gasteiger partial charge < -0.3 is 5.32 Å². The Morgan fingerprint density at radius 3 is 2.26 bits per heavy atom. The van der Waals surface area contributed by atoms with Gasteiger partial charge in [0.05, 0.1) is 11.0 Å². The first kappa shape index (κ1) is 29.8. The topological polar surface area (TPSA) is 87.0 Å². The number of Topliss-reactive ketones (excluding diaryl/α,β-unsaturated/α-hetero) is 1. The standard InChI is InChI=1S/C34H50N2O3/c1-10-36-28(39)34-15-13-29(3,4)19-24(34)20-31(7,14-16-34)33(9)12-11-25-30(5,6)27(38)23(21-35)18-32(25,8)26(33)17-22(2)37/h17-18,24-25H,10-16,19-20H2,1-9H3,(H,36,39)/b26-17-/t24?,25-,31+,32-,33+,34-/m0/s1. The van der Waals surface area contributed by atoms with E-state index in [1.165, 1.54) is 0 Å². The quantitative estimate of drug-likeness (QED) is 0.389. The van der Waals surface area contributed by atoms with E-state index >= 15 is 0 Å². The van der Waals surface area contributed by atoms with E-state index in [1.807, 2.05) is 32.9 Å². The van der Waals surface area contributed by atoms with Gasteiger partial charge in [-0.25, -0.2) is 0 Å². The molecule has 0 aromatic carbocycles. The number of nitrogens with zero attached hydrogens (tertiary/aromatic N) is 1. The van der Waals surface area contributed by atoms with Crippen LogP contribution in [-0.2, 0) is 14.4 Å². The van der Waals surface area contributed by atoms with Gasteiger partial charge in [-0.1, -0.05) is 60.1 Å². The van der Waals surface area contributed by atoms with E-state index in [9.17, 15) is 19.6 Å². The molecule has 0 saturated heterocycles. The number of fused-ring (bicyclic) bond motifs is 2. The normalized spacial score (nSPS) is 42.0. The summed E-state index contributed by atoms with van der Waals surface area (Å²) in [5, 5.41) is 13.1. The van der Waals surface area contributed by atoms with Crippen molar-refractivity contribution in [2.45, 2.75) is 114 Å². The van der Waals surface area contributed by atoms with Crippen LogP contribution in [0, 0.1) is 55.7 Å². The lowest BCUT2D eigenvalue weighted by molar-refractivity contribution is -0.153. The third-order valence-corrected chi connectivity index (χ3v) is 12.2. The molecule has 1 amide bonds. The van der Waals surface area contributed by atoms with Gasteiger partial charge in [0, 0.05) is 17.4 Å². The second-order valence-electron chi connectivity index (χ2n) is 15.4. The fourth-order valence-electron chi connectivity index (χ4n) is 9.76. The third kappa shape index (κ3) is 4.36. The Morgan fingerprint density at radius 2 is 1.67 bits per heavy atom. The summed E-state index contributed by atoms with van der Waals surface area (Å²) in [5.74, 6) is 0.445. The molecule has 3 fully saturated rings. The van der Waals surface area contributed by atoms with Crippen molar-refractivity contribution >= 4 is 17.5 Å². The van der Waals surface area contributed by atoms with Crippen molar-refractivity contribution in [3.05, 3.63) is 23.3 Å². The van der Waals surface area contributed by atoms with Gasteiger partial charge in [-0.3, -0.25) is 14.4 Å². The maximum Gasteiger partial charge on any atom is 0.226 e. The summed E-state index contributed by atoms with van der Waals surface area (Å²) in [6.07, 6.45) is 11.2. The van der Waals surface area contributed by atoms with Crippen molar-refractivity contribution in [1.29, 1.82) is 5.26 Å². The molecule has 0 heterocycles. The van der Waals surface area contributed by atoms with Crippen molar-refractivity contribution in [3.63, 3.8) is 0 Å². The monoisotopic (exact) mass is 534 g/mol. The predicted molar refractivity (Wildman–Crippen MR) is 154 cm³/mol. The summed E-state index contributed by atoms with van der Waals surface area (Å²) >= 11 is 0. The Kier molecular flexibility index (Phi) is 7.19. The molecule has 1 unspecified atom stereocenters. The molecule has 5 heteroatoms. The van der Waals surface area contributed by atoms with Crippen molar-refractivity contribution in [2.24, 2.45) is 44.3 Å². The fraction of sp³-hybridized carbons (Fsp3) is 0.765. The van der Waals surface area contributed by atoms with Crippen LogP contribution in [0.4, 0.5) is 0 Å². The molecule has 4 aliphatic rings. The first-order valence-corrected chi connectivity index (χ1v) is 15.1. The van der Waals surface area contributed by atoms with Crippen LogP contribution in [-0.4, -0.2) is 24.0 Å². The number of allylic oxidation sites excluding steroid dienone is 4. The minimum absolute atomic E-state index is 0.00888. The highest BCUT2D eigenvalue weighted by atomic mass is 16.2. The molecule has 214 valence electrons. The number of carbonyl (C=O) groups excluding carboxylic acids is 3. The number of rotatable bonds is 4. The van der Waals surface area contributed by atoms with E-state index in [2.05, 4.69) is 46.0 Å². The minimum Gasteiger partial charge on any atom is -0.356 e. The average molecular weight is 535 g/mol. The molecule has 0 spiro atoms. The highest BCUT2D eigenvalue weighted by Gasteiger charge is 2.65. The fourth-order valence-corrected chi connectivity index (χ4v) is 9.76. The second kappa shape index (κ2) is 9.42. The molecule has 0 aromatic heterocycles. The maximum atomic E-state index is 13.6. The van der Waals surface area contributed by atoms with Crippen molar-refractivity contribution in [2.75, 3.05) is 6.54 Å². The molecule has 6 atom stereocenters. The number of carbonyl (C=O) groups is 3. The van der Waals surface area contributed by atoms with Crippen LogP contribution < -0.4 is 5.32 Å². The summed E-state index contributed by atoms with van der Waals surface area (Å²) in [5.41, 5.74) is -0.496. The molecule has 4 rings (SSSR count). The van der Waals surface area contributed by atoms with E-state index in [0.717, 1.165) is 56.9 Å². The number of amides is 1. The Hall–Kier alpha value is -2.22. The molecular formula is C34H50N2O3. The van der Waals surface area contributed by atoms with Crippen LogP contribution in [0.5, 0.6) is 0 Å². The van der Waals surface area contributed by atoms with Crippen molar-refractivity contribution in [3.8, 4) is 6.07 Å². The predicted octanol–water partition coefficient (Wildman–Crippen LogP) is 7.12. The molecule has 0 bridgehead atoms. The lowest BCUT2D eigenvalue weighted by Crippen LogP contribution is -2.60. The summed E-state index contributed by atoms with van der Waals surface area (Å²) in [6.45, 7) is 19.8. The zero-order valence-electron chi connectivity index (χ0n) is 25.8. The van der Waals surface area contributed by atoms with Crippen LogP contribution in [0.1, 0.15) is 114 Å². The van der Waals surface area contributed by atoms with Crippen molar-refractivity contribution < 1.29 is 14.4 Å². The summed E-state index contributed by atoms with van der Waals surface area (Å²) < 4.78 is 0. The van der Waals surface area contributed by atoms with Gasteiger partial charge in [-0.05, 0) is 99.4 Å². The lowest BCUT2D eigenvalue weighted by Gasteiger charge is -2.65. The average Bonchev–Trinajstić information content (AvgIpc) is 2.83. The smallest absolute Gasteiger partial charge is 0.226 e. The first-order valence-electron chi connectivity index (χ1n) is 15.1. The van der Waals surface area contributed by atoms with E-state index in [1.54, 1.807) is 6.92 Å². The Labute approximate surface area is 236 Å². The van der Waals surface area contributed by atoms with Gasteiger partial charge in [-0.2, -0.15) is 5.26 Å². The number of hydrogen-bond acceptors (Lipinski definition) is 4. The molecule has 1 N–H and O–H groups in total. The van der Waals surface area contributed by atoms with Gasteiger partial charge in [0.1, 0.15) is 6.07 Å². The summed E-state index contributed by atoms with van der Waals surface area (Å²) in [6, 6.07) is 2.19. The second-order valence-corrected chi connectivity index (χ2v) is 15.4. The number of nitriles is 1. The molecule has 4 aliphatic carbocycles. The molecule has 39 heavy (non-hydrogen) atoms. The highest BCUT2D eigenvalue weighted by molar-refractivity contribution is 6.04. The van der Waals surface area contributed by atoms with Crippen LogP contribution in [0.15, 0.2) is 23.3 Å². The van der Waals surface area contributed by atoms with E-state index in [4.69, 9.17) is 0 Å². The van der Waals surface area contributed by atoms with E-state index in [-0.39, 0.29) is 56.5 Å². The molecule has 0 aliphatic heterocycles. The molecule has 5 nitrogen and oxygen atoms in total. The molecule has 0 radical (unpaired) electrons. The van der Waals surface area contributed by atoms with Gasteiger partial charge >= 0.3 is 0 Å².